The van der Waals surface area contributed by atoms with Gasteiger partial charge >= 0.3 is 0 Å². The molecule has 0 radical (unpaired) electrons. The number of carbonyl (C=O) groups is 1. The molecule has 162 valence electrons. The number of piperidine rings is 1. The Bertz CT molecular complexity index is 930. The summed E-state index contributed by atoms with van der Waals surface area (Å²) in [6.45, 7) is 0.585. The highest BCUT2D eigenvalue weighted by molar-refractivity contribution is 7.89. The molecule has 0 spiro atoms. The third kappa shape index (κ3) is 5.76. The molecule has 1 amide bonds. The van der Waals surface area contributed by atoms with Gasteiger partial charge in [0.1, 0.15) is 16.7 Å². The Morgan fingerprint density at radius 2 is 1.93 bits per heavy atom. The second-order valence-corrected chi connectivity index (χ2v) is 9.19. The van der Waals surface area contributed by atoms with E-state index in [0.29, 0.717) is 37.9 Å². The molecule has 0 bridgehead atoms. The summed E-state index contributed by atoms with van der Waals surface area (Å²) in [6.07, 6.45) is 4.75. The lowest BCUT2D eigenvalue weighted by Crippen LogP contribution is -2.51. The number of phenols is 1. The van der Waals surface area contributed by atoms with Crippen molar-refractivity contribution in [3.8, 4) is 5.75 Å². The normalized spacial score (nSPS) is 16.4. The van der Waals surface area contributed by atoms with Crippen LogP contribution in [0.1, 0.15) is 24.8 Å². The summed E-state index contributed by atoms with van der Waals surface area (Å²) in [5, 5.41) is 9.49. The fraction of sp³-hybridized carbons (Fsp3) is 0.429. The van der Waals surface area contributed by atoms with Crippen molar-refractivity contribution in [2.75, 3.05) is 19.8 Å². The third-order valence-corrected chi connectivity index (χ3v) is 6.82. The molecule has 0 saturated carbocycles. The van der Waals surface area contributed by atoms with Crippen molar-refractivity contribution in [3.05, 3.63) is 54.4 Å². The number of carbonyl (C=O) groups excluding carboxylic acids is 1. The van der Waals surface area contributed by atoms with Gasteiger partial charge in [-0.3, -0.25) is 14.2 Å². The van der Waals surface area contributed by atoms with E-state index >= 15 is 0 Å². The van der Waals surface area contributed by atoms with Gasteiger partial charge in [-0.15, -0.1) is 0 Å². The van der Waals surface area contributed by atoms with Crippen LogP contribution < -0.4 is 4.72 Å². The summed E-state index contributed by atoms with van der Waals surface area (Å²) < 4.78 is 40.7. The van der Waals surface area contributed by atoms with Crippen LogP contribution in [0.3, 0.4) is 0 Å². The SMILES string of the molecule is O=C([C@H](Cc1ccc(O)cc1)NS(=O)(=O)c1cccnc1)N1CCC(CCF)CC1. The topological polar surface area (TPSA) is 99.6 Å². The summed E-state index contributed by atoms with van der Waals surface area (Å²) in [6, 6.07) is 8.23. The zero-order valence-electron chi connectivity index (χ0n) is 16.6. The number of aromatic nitrogens is 1. The van der Waals surface area contributed by atoms with E-state index in [4.69, 9.17) is 0 Å². The van der Waals surface area contributed by atoms with E-state index in [9.17, 15) is 22.7 Å². The number of nitrogens with zero attached hydrogens (tertiary/aromatic N) is 2. The summed E-state index contributed by atoms with van der Waals surface area (Å²) >= 11 is 0. The Labute approximate surface area is 176 Å². The number of pyridine rings is 1. The van der Waals surface area contributed by atoms with Crippen molar-refractivity contribution in [2.45, 2.75) is 36.6 Å². The molecule has 2 N–H and O–H groups in total. The van der Waals surface area contributed by atoms with E-state index in [0.717, 1.165) is 0 Å². The van der Waals surface area contributed by atoms with Crippen molar-refractivity contribution in [2.24, 2.45) is 5.92 Å². The van der Waals surface area contributed by atoms with Crippen LogP contribution in [0.15, 0.2) is 53.7 Å². The maximum atomic E-state index is 13.2. The number of nitrogens with one attached hydrogen (secondary N) is 1. The first kappa shape index (κ1) is 22.2. The van der Waals surface area contributed by atoms with E-state index in [1.807, 2.05) is 0 Å². The van der Waals surface area contributed by atoms with Gasteiger partial charge in [0.25, 0.3) is 0 Å². The number of rotatable bonds is 8. The standard InChI is InChI=1S/C21H26FN3O4S/c22-10-7-16-8-12-25(13-9-16)21(27)20(14-17-3-5-18(26)6-4-17)24-30(28,29)19-2-1-11-23-15-19/h1-6,11,15-16,20,24,26H,7-10,12-14H2/t20-/m0/s1. The molecule has 1 aromatic carbocycles. The number of benzene rings is 1. The van der Waals surface area contributed by atoms with Crippen LogP contribution in [0, 0.1) is 5.92 Å². The van der Waals surface area contributed by atoms with Crippen LogP contribution in [0.4, 0.5) is 4.39 Å². The molecule has 2 aromatic rings. The number of sulfonamides is 1. The Kier molecular flexibility index (Phi) is 7.38. The smallest absolute Gasteiger partial charge is 0.242 e. The second kappa shape index (κ2) is 9.99. The molecule has 1 aromatic heterocycles. The summed E-state index contributed by atoms with van der Waals surface area (Å²) in [5.74, 6) is 0.0309. The monoisotopic (exact) mass is 435 g/mol. The number of likely N-dealkylation sites (tertiary alicyclic amines) is 1. The van der Waals surface area contributed by atoms with Gasteiger partial charge < -0.3 is 10.0 Å². The lowest BCUT2D eigenvalue weighted by Gasteiger charge is -2.34. The van der Waals surface area contributed by atoms with E-state index in [2.05, 4.69) is 9.71 Å². The Balaban J connectivity index is 1.78. The molecule has 0 aliphatic carbocycles. The number of amides is 1. The fourth-order valence-corrected chi connectivity index (χ4v) is 4.78. The average Bonchev–Trinajstić information content (AvgIpc) is 2.75. The van der Waals surface area contributed by atoms with Gasteiger partial charge in [0.15, 0.2) is 0 Å². The Morgan fingerprint density at radius 1 is 1.23 bits per heavy atom. The molecule has 2 heterocycles. The molecule has 7 nitrogen and oxygen atoms in total. The van der Waals surface area contributed by atoms with Crippen molar-refractivity contribution in [1.29, 1.82) is 0 Å². The molecule has 1 saturated heterocycles. The molecular formula is C21H26FN3O4S. The zero-order valence-corrected chi connectivity index (χ0v) is 17.4. The first-order valence-electron chi connectivity index (χ1n) is 9.94. The summed E-state index contributed by atoms with van der Waals surface area (Å²) in [7, 11) is -3.95. The Morgan fingerprint density at radius 3 is 2.53 bits per heavy atom. The van der Waals surface area contributed by atoms with Crippen molar-refractivity contribution >= 4 is 15.9 Å². The second-order valence-electron chi connectivity index (χ2n) is 7.48. The molecule has 1 aliphatic heterocycles. The van der Waals surface area contributed by atoms with Gasteiger partial charge in [-0.05, 0) is 61.4 Å². The Hall–Kier alpha value is -2.52. The number of halogens is 1. The lowest BCUT2D eigenvalue weighted by atomic mass is 9.93. The third-order valence-electron chi connectivity index (χ3n) is 5.36. The van der Waals surface area contributed by atoms with Crippen LogP contribution in [0.2, 0.25) is 0 Å². The first-order chi connectivity index (χ1) is 14.4. The van der Waals surface area contributed by atoms with Crippen LogP contribution in [-0.4, -0.2) is 55.1 Å². The van der Waals surface area contributed by atoms with Crippen molar-refractivity contribution in [1.82, 2.24) is 14.6 Å². The first-order valence-corrected chi connectivity index (χ1v) is 11.4. The van der Waals surface area contributed by atoms with Gasteiger partial charge in [-0.1, -0.05) is 12.1 Å². The number of hydrogen-bond donors (Lipinski definition) is 2. The van der Waals surface area contributed by atoms with E-state index in [1.165, 1.54) is 36.7 Å². The van der Waals surface area contributed by atoms with E-state index < -0.39 is 16.1 Å². The predicted octanol–water partition coefficient (Wildman–Crippen LogP) is 2.28. The lowest BCUT2D eigenvalue weighted by molar-refractivity contribution is -0.134. The number of aromatic hydroxyl groups is 1. The summed E-state index contributed by atoms with van der Waals surface area (Å²) in [4.78, 5) is 18.7. The average molecular weight is 436 g/mol. The number of hydrogen-bond acceptors (Lipinski definition) is 5. The minimum Gasteiger partial charge on any atom is -0.508 e. The largest absolute Gasteiger partial charge is 0.508 e. The maximum absolute atomic E-state index is 13.2. The van der Waals surface area contributed by atoms with Gasteiger partial charge in [0.2, 0.25) is 15.9 Å². The van der Waals surface area contributed by atoms with Gasteiger partial charge in [-0.25, -0.2) is 8.42 Å². The van der Waals surface area contributed by atoms with E-state index in [-0.39, 0.29) is 35.6 Å². The molecular weight excluding hydrogens is 409 g/mol. The maximum Gasteiger partial charge on any atom is 0.242 e. The highest BCUT2D eigenvalue weighted by Crippen LogP contribution is 2.22. The van der Waals surface area contributed by atoms with Crippen LogP contribution >= 0.6 is 0 Å². The highest BCUT2D eigenvalue weighted by atomic mass is 32.2. The van der Waals surface area contributed by atoms with Gasteiger partial charge in [-0.2, -0.15) is 4.72 Å². The zero-order chi connectivity index (χ0) is 21.6. The van der Waals surface area contributed by atoms with Crippen molar-refractivity contribution in [3.63, 3.8) is 0 Å². The van der Waals surface area contributed by atoms with Gasteiger partial charge in [0.05, 0.1) is 6.67 Å². The summed E-state index contributed by atoms with van der Waals surface area (Å²) in [5.41, 5.74) is 0.715. The van der Waals surface area contributed by atoms with Crippen LogP contribution in [0.5, 0.6) is 5.75 Å². The number of phenolic OH excluding ortho intramolecular Hbond substituents is 1. The van der Waals surface area contributed by atoms with Crippen LogP contribution in [0.25, 0.3) is 0 Å². The predicted molar refractivity (Wildman–Crippen MR) is 110 cm³/mol. The molecule has 9 heteroatoms. The molecule has 1 fully saturated rings. The highest BCUT2D eigenvalue weighted by Gasteiger charge is 2.31. The van der Waals surface area contributed by atoms with Gasteiger partial charge in [0, 0.05) is 25.5 Å². The minimum atomic E-state index is -3.95. The van der Waals surface area contributed by atoms with Crippen molar-refractivity contribution < 1.29 is 22.7 Å². The molecule has 1 atom stereocenters. The van der Waals surface area contributed by atoms with Crippen LogP contribution in [-0.2, 0) is 21.2 Å². The molecule has 3 rings (SSSR count). The van der Waals surface area contributed by atoms with E-state index in [1.54, 1.807) is 17.0 Å². The molecule has 1 aliphatic rings. The minimum absolute atomic E-state index is 0.0184. The molecule has 30 heavy (non-hydrogen) atoms. The fourth-order valence-electron chi connectivity index (χ4n) is 3.63. The quantitative estimate of drug-likeness (QED) is 0.663. The molecule has 0 unspecified atom stereocenters. The number of alkyl halides is 1.